The Kier molecular flexibility index (Phi) is 6.50. The van der Waals surface area contributed by atoms with E-state index < -0.39 is 0 Å². The smallest absolute Gasteiger partial charge is 0.241 e. The van der Waals surface area contributed by atoms with Crippen LogP contribution in [0.15, 0.2) is 30.5 Å². The molecule has 0 aliphatic carbocycles. The van der Waals surface area contributed by atoms with Crippen molar-refractivity contribution in [2.45, 2.75) is 26.5 Å². The largest absolute Gasteiger partial charge is 0.487 e. The fourth-order valence-corrected chi connectivity index (χ4v) is 2.08. The zero-order valence-electron chi connectivity index (χ0n) is 14.7. The van der Waals surface area contributed by atoms with E-state index >= 15 is 0 Å². The lowest BCUT2D eigenvalue weighted by molar-refractivity contribution is -0.128. The van der Waals surface area contributed by atoms with Crippen molar-refractivity contribution >= 4 is 11.8 Å². The third-order valence-corrected chi connectivity index (χ3v) is 3.43. The molecule has 25 heavy (non-hydrogen) atoms. The van der Waals surface area contributed by atoms with Gasteiger partial charge >= 0.3 is 0 Å². The van der Waals surface area contributed by atoms with Crippen molar-refractivity contribution in [2.24, 2.45) is 0 Å². The van der Waals surface area contributed by atoms with Crippen LogP contribution in [0, 0.1) is 6.92 Å². The lowest BCUT2D eigenvalue weighted by Gasteiger charge is -2.10. The molecule has 0 spiro atoms. The topological polar surface area (TPSA) is 89.4 Å². The summed E-state index contributed by atoms with van der Waals surface area (Å²) in [6.45, 7) is 2.62. The predicted octanol–water partition coefficient (Wildman–Crippen LogP) is 0.760. The molecule has 0 saturated heterocycles. The third kappa shape index (κ3) is 6.25. The highest BCUT2D eigenvalue weighted by molar-refractivity contribution is 5.78. The number of carbonyl (C=O) groups excluding carboxylic acids is 2. The Morgan fingerprint density at radius 1 is 1.32 bits per heavy atom. The quantitative estimate of drug-likeness (QED) is 0.763. The van der Waals surface area contributed by atoms with E-state index in [-0.39, 0.29) is 31.4 Å². The second-order valence-electron chi connectivity index (χ2n) is 5.90. The van der Waals surface area contributed by atoms with Gasteiger partial charge in [0.1, 0.15) is 24.6 Å². The van der Waals surface area contributed by atoms with E-state index in [9.17, 15) is 9.59 Å². The summed E-state index contributed by atoms with van der Waals surface area (Å²) in [5.41, 5.74) is 1.75. The normalized spacial score (nSPS) is 10.4. The number of carbonyl (C=O) groups is 2. The molecule has 0 saturated carbocycles. The number of rotatable bonds is 8. The molecule has 1 heterocycles. The van der Waals surface area contributed by atoms with E-state index in [1.165, 1.54) is 9.58 Å². The summed E-state index contributed by atoms with van der Waals surface area (Å²) >= 11 is 0. The zero-order valence-corrected chi connectivity index (χ0v) is 14.7. The van der Waals surface area contributed by atoms with Crippen LogP contribution >= 0.6 is 0 Å². The van der Waals surface area contributed by atoms with Gasteiger partial charge < -0.3 is 15.0 Å². The van der Waals surface area contributed by atoms with Gasteiger partial charge in [-0.15, -0.1) is 5.10 Å². The monoisotopic (exact) mass is 345 g/mol. The lowest BCUT2D eigenvalue weighted by Crippen LogP contribution is -2.32. The molecule has 134 valence electrons. The number of nitrogens with one attached hydrogen (secondary N) is 1. The van der Waals surface area contributed by atoms with Gasteiger partial charge in [0.25, 0.3) is 0 Å². The number of aromatic nitrogens is 3. The lowest BCUT2D eigenvalue weighted by atomic mass is 10.2. The molecule has 8 nitrogen and oxygen atoms in total. The molecule has 0 unspecified atom stereocenters. The van der Waals surface area contributed by atoms with Crippen LogP contribution in [0.4, 0.5) is 0 Å². The van der Waals surface area contributed by atoms with Crippen LogP contribution in [0.3, 0.4) is 0 Å². The van der Waals surface area contributed by atoms with Crippen LogP contribution in [0.25, 0.3) is 0 Å². The summed E-state index contributed by atoms with van der Waals surface area (Å²) in [6, 6.07) is 7.73. The first-order valence-electron chi connectivity index (χ1n) is 7.99. The number of nitrogens with zero attached hydrogens (tertiary/aromatic N) is 4. The summed E-state index contributed by atoms with van der Waals surface area (Å²) in [5, 5.41) is 10.6. The number of amides is 2. The Labute approximate surface area is 146 Å². The minimum atomic E-state index is -0.220. The summed E-state index contributed by atoms with van der Waals surface area (Å²) in [7, 11) is 3.36. The number of hydrogen-bond donors (Lipinski definition) is 1. The summed E-state index contributed by atoms with van der Waals surface area (Å²) in [5.74, 6) is 0.511. The Morgan fingerprint density at radius 3 is 2.84 bits per heavy atom. The zero-order chi connectivity index (χ0) is 18.2. The molecular weight excluding hydrogens is 322 g/mol. The molecular formula is C17H23N5O3. The first-order valence-corrected chi connectivity index (χ1v) is 7.99. The average Bonchev–Trinajstić information content (AvgIpc) is 3.00. The number of ether oxygens (including phenoxy) is 1. The SMILES string of the molecule is Cc1cccc(OCc2cn(CC(=O)NCCC(=O)N(C)C)nn2)c1. The Bertz CT molecular complexity index is 727. The van der Waals surface area contributed by atoms with Gasteiger partial charge in [-0.3, -0.25) is 9.59 Å². The molecule has 0 aliphatic heterocycles. The van der Waals surface area contributed by atoms with Crippen molar-refractivity contribution in [1.82, 2.24) is 25.2 Å². The third-order valence-electron chi connectivity index (χ3n) is 3.43. The predicted molar refractivity (Wildman–Crippen MR) is 91.9 cm³/mol. The maximum atomic E-state index is 11.8. The molecule has 0 aliphatic rings. The molecule has 2 aromatic rings. The maximum absolute atomic E-state index is 11.8. The van der Waals surface area contributed by atoms with E-state index in [0.717, 1.165) is 11.3 Å². The maximum Gasteiger partial charge on any atom is 0.241 e. The fraction of sp³-hybridized carbons (Fsp3) is 0.412. The second-order valence-corrected chi connectivity index (χ2v) is 5.90. The van der Waals surface area contributed by atoms with Crippen molar-refractivity contribution in [3.63, 3.8) is 0 Å². The molecule has 0 radical (unpaired) electrons. The summed E-state index contributed by atoms with van der Waals surface area (Å²) in [6.07, 6.45) is 1.94. The highest BCUT2D eigenvalue weighted by Gasteiger charge is 2.08. The van der Waals surface area contributed by atoms with Crippen LogP contribution in [0.1, 0.15) is 17.7 Å². The Morgan fingerprint density at radius 2 is 2.12 bits per heavy atom. The Hall–Kier alpha value is -2.90. The van der Waals surface area contributed by atoms with Gasteiger partial charge in [-0.05, 0) is 24.6 Å². The van der Waals surface area contributed by atoms with Crippen molar-refractivity contribution in [3.8, 4) is 5.75 Å². The van der Waals surface area contributed by atoms with Gasteiger partial charge in [0, 0.05) is 27.1 Å². The van der Waals surface area contributed by atoms with Crippen LogP contribution in [0.5, 0.6) is 5.75 Å². The standard InChI is InChI=1S/C17H23N5O3/c1-13-5-4-6-15(9-13)25-12-14-10-22(20-19-14)11-16(23)18-8-7-17(24)21(2)3/h4-6,9-10H,7-8,11-12H2,1-3H3,(H,18,23). The average molecular weight is 345 g/mol. The summed E-state index contributed by atoms with van der Waals surface area (Å²) in [4.78, 5) is 24.8. The van der Waals surface area contributed by atoms with Gasteiger partial charge in [0.2, 0.25) is 11.8 Å². The van der Waals surface area contributed by atoms with Gasteiger partial charge in [-0.1, -0.05) is 17.3 Å². The molecule has 1 N–H and O–H groups in total. The van der Waals surface area contributed by atoms with Crippen molar-refractivity contribution in [2.75, 3.05) is 20.6 Å². The number of hydrogen-bond acceptors (Lipinski definition) is 5. The van der Waals surface area contributed by atoms with Crippen molar-refractivity contribution in [1.29, 1.82) is 0 Å². The molecule has 0 bridgehead atoms. The second kappa shape index (κ2) is 8.81. The fourth-order valence-electron chi connectivity index (χ4n) is 2.08. The molecule has 2 amide bonds. The number of aryl methyl sites for hydroxylation is 1. The first kappa shape index (κ1) is 18.4. The minimum Gasteiger partial charge on any atom is -0.487 e. The van der Waals surface area contributed by atoms with Gasteiger partial charge in [0.15, 0.2) is 0 Å². The van der Waals surface area contributed by atoms with Gasteiger partial charge in [-0.2, -0.15) is 0 Å². The minimum absolute atomic E-state index is 0.0309. The highest BCUT2D eigenvalue weighted by atomic mass is 16.5. The number of benzene rings is 1. The highest BCUT2D eigenvalue weighted by Crippen LogP contribution is 2.13. The molecule has 8 heteroatoms. The molecule has 0 fully saturated rings. The van der Waals surface area contributed by atoms with E-state index in [4.69, 9.17) is 4.74 Å². The van der Waals surface area contributed by atoms with E-state index in [2.05, 4.69) is 15.6 Å². The molecule has 1 aromatic heterocycles. The van der Waals surface area contributed by atoms with E-state index in [0.29, 0.717) is 12.2 Å². The van der Waals surface area contributed by atoms with E-state index in [1.54, 1.807) is 20.3 Å². The van der Waals surface area contributed by atoms with E-state index in [1.807, 2.05) is 31.2 Å². The van der Waals surface area contributed by atoms with Crippen LogP contribution in [-0.2, 0) is 22.7 Å². The summed E-state index contributed by atoms with van der Waals surface area (Å²) < 4.78 is 7.09. The van der Waals surface area contributed by atoms with Gasteiger partial charge in [-0.25, -0.2) is 4.68 Å². The van der Waals surface area contributed by atoms with Crippen LogP contribution in [-0.4, -0.2) is 52.3 Å². The molecule has 2 rings (SSSR count). The molecule has 0 atom stereocenters. The van der Waals surface area contributed by atoms with Crippen molar-refractivity contribution < 1.29 is 14.3 Å². The van der Waals surface area contributed by atoms with Crippen molar-refractivity contribution in [3.05, 3.63) is 41.7 Å². The van der Waals surface area contributed by atoms with Crippen LogP contribution < -0.4 is 10.1 Å². The molecule has 1 aromatic carbocycles. The Balaban J connectivity index is 1.75. The first-order chi connectivity index (χ1) is 11.9. The van der Waals surface area contributed by atoms with Crippen LogP contribution in [0.2, 0.25) is 0 Å². The van der Waals surface area contributed by atoms with Gasteiger partial charge in [0.05, 0.1) is 6.20 Å².